The van der Waals surface area contributed by atoms with Crippen LogP contribution in [0, 0.1) is 0 Å². The van der Waals surface area contributed by atoms with Crippen LogP contribution in [0.15, 0.2) is 60.7 Å². The molecule has 22 heavy (non-hydrogen) atoms. The van der Waals surface area contributed by atoms with Crippen molar-refractivity contribution < 1.29 is 19.4 Å². The molecule has 0 saturated carbocycles. The molecule has 0 aliphatic heterocycles. The Balaban J connectivity index is 1.92. The number of hydrogen-bond acceptors (Lipinski definition) is 5. The average molecular weight is 299 g/mol. The van der Waals surface area contributed by atoms with Crippen molar-refractivity contribution in [2.45, 2.75) is 18.6 Å². The Morgan fingerprint density at radius 1 is 0.955 bits per heavy atom. The minimum atomic E-state index is -1.51. The van der Waals surface area contributed by atoms with Gasteiger partial charge in [0.15, 0.2) is 6.10 Å². The van der Waals surface area contributed by atoms with Crippen molar-refractivity contribution >= 4 is 11.9 Å². The molecule has 0 aliphatic carbocycles. The number of hydrogen-bond donors (Lipinski definition) is 2. The van der Waals surface area contributed by atoms with Gasteiger partial charge in [-0.05, 0) is 17.5 Å². The number of aliphatic hydroxyl groups excluding tert-OH is 1. The SMILES string of the molecule is N[C@@H](Cc1ccccc1)C(=O)OC(=O)[C@H](O)c1ccccc1. The molecule has 2 rings (SSSR count). The quantitative estimate of drug-likeness (QED) is 0.642. The lowest BCUT2D eigenvalue weighted by atomic mass is 10.1. The molecule has 2 atom stereocenters. The summed E-state index contributed by atoms with van der Waals surface area (Å²) < 4.78 is 4.65. The number of esters is 2. The monoisotopic (exact) mass is 299 g/mol. The highest BCUT2D eigenvalue weighted by Gasteiger charge is 2.25. The largest absolute Gasteiger partial charge is 0.390 e. The van der Waals surface area contributed by atoms with Crippen LogP contribution >= 0.6 is 0 Å². The van der Waals surface area contributed by atoms with Gasteiger partial charge in [0.1, 0.15) is 6.04 Å². The van der Waals surface area contributed by atoms with Gasteiger partial charge in [0.25, 0.3) is 0 Å². The fraction of sp³-hybridized carbons (Fsp3) is 0.176. The number of rotatable bonds is 5. The van der Waals surface area contributed by atoms with Crippen molar-refractivity contribution in [3.63, 3.8) is 0 Å². The van der Waals surface area contributed by atoms with E-state index in [0.717, 1.165) is 5.56 Å². The summed E-state index contributed by atoms with van der Waals surface area (Å²) in [7, 11) is 0. The van der Waals surface area contributed by atoms with E-state index in [1.807, 2.05) is 30.3 Å². The normalized spacial score (nSPS) is 13.2. The molecule has 0 fully saturated rings. The molecule has 2 aromatic carbocycles. The van der Waals surface area contributed by atoms with Crippen molar-refractivity contribution in [3.05, 3.63) is 71.8 Å². The maximum atomic E-state index is 11.8. The molecule has 0 spiro atoms. The molecule has 2 aromatic rings. The van der Waals surface area contributed by atoms with Crippen molar-refractivity contribution in [2.75, 3.05) is 0 Å². The predicted molar refractivity (Wildman–Crippen MR) is 80.6 cm³/mol. The summed E-state index contributed by atoms with van der Waals surface area (Å²) in [5.74, 6) is -1.89. The van der Waals surface area contributed by atoms with Crippen molar-refractivity contribution in [3.8, 4) is 0 Å². The number of carbonyl (C=O) groups excluding carboxylic acids is 2. The molecule has 5 heteroatoms. The van der Waals surface area contributed by atoms with E-state index >= 15 is 0 Å². The maximum Gasteiger partial charge on any atom is 0.347 e. The zero-order valence-electron chi connectivity index (χ0n) is 11.9. The highest BCUT2D eigenvalue weighted by Crippen LogP contribution is 2.14. The minimum absolute atomic E-state index is 0.258. The highest BCUT2D eigenvalue weighted by molar-refractivity contribution is 5.90. The summed E-state index contributed by atoms with van der Waals surface area (Å²) in [6.45, 7) is 0. The van der Waals surface area contributed by atoms with Gasteiger partial charge < -0.3 is 15.6 Å². The Morgan fingerprint density at radius 3 is 2.09 bits per heavy atom. The van der Waals surface area contributed by atoms with E-state index in [1.165, 1.54) is 0 Å². The van der Waals surface area contributed by atoms with Crippen LogP contribution in [0.4, 0.5) is 0 Å². The van der Waals surface area contributed by atoms with E-state index in [4.69, 9.17) is 5.73 Å². The van der Waals surface area contributed by atoms with Gasteiger partial charge in [-0.15, -0.1) is 0 Å². The van der Waals surface area contributed by atoms with E-state index in [9.17, 15) is 14.7 Å². The van der Waals surface area contributed by atoms with Gasteiger partial charge in [0.2, 0.25) is 0 Å². The van der Waals surface area contributed by atoms with E-state index in [2.05, 4.69) is 4.74 Å². The third kappa shape index (κ3) is 4.25. The lowest BCUT2D eigenvalue weighted by Gasteiger charge is -2.13. The molecule has 0 aliphatic rings. The number of nitrogens with two attached hydrogens (primary N) is 1. The number of benzene rings is 2. The summed E-state index contributed by atoms with van der Waals surface area (Å²) in [6, 6.07) is 16.4. The second kappa shape index (κ2) is 7.49. The van der Waals surface area contributed by atoms with Gasteiger partial charge in [-0.2, -0.15) is 0 Å². The molecule has 5 nitrogen and oxygen atoms in total. The summed E-state index contributed by atoms with van der Waals surface area (Å²) in [5.41, 5.74) is 6.95. The third-order valence-electron chi connectivity index (χ3n) is 3.14. The van der Waals surface area contributed by atoms with Crippen LogP contribution in [-0.4, -0.2) is 23.1 Å². The summed E-state index contributed by atoms with van der Waals surface area (Å²) >= 11 is 0. The molecule has 0 amide bonds. The lowest BCUT2D eigenvalue weighted by Crippen LogP contribution is -2.36. The Hall–Kier alpha value is -2.50. The third-order valence-corrected chi connectivity index (χ3v) is 3.14. The Kier molecular flexibility index (Phi) is 5.41. The smallest absolute Gasteiger partial charge is 0.347 e. The van der Waals surface area contributed by atoms with Crippen LogP contribution in [-0.2, 0) is 20.7 Å². The van der Waals surface area contributed by atoms with Crippen LogP contribution in [0.25, 0.3) is 0 Å². The first kappa shape index (κ1) is 15.9. The van der Waals surface area contributed by atoms with E-state index < -0.39 is 24.1 Å². The Bertz CT molecular complexity index is 628. The van der Waals surface area contributed by atoms with Crippen LogP contribution in [0.1, 0.15) is 17.2 Å². The first-order chi connectivity index (χ1) is 10.6. The zero-order valence-corrected chi connectivity index (χ0v) is 11.9. The van der Waals surface area contributed by atoms with Crippen molar-refractivity contribution in [1.29, 1.82) is 0 Å². The van der Waals surface area contributed by atoms with E-state index in [0.29, 0.717) is 5.56 Å². The second-order valence-corrected chi connectivity index (χ2v) is 4.85. The molecule has 3 N–H and O–H groups in total. The molecule has 0 bridgehead atoms. The van der Waals surface area contributed by atoms with Gasteiger partial charge in [-0.25, -0.2) is 9.59 Å². The van der Waals surface area contributed by atoms with Crippen molar-refractivity contribution in [2.24, 2.45) is 5.73 Å². The first-order valence-electron chi connectivity index (χ1n) is 6.86. The summed E-state index contributed by atoms with van der Waals surface area (Å²) in [5, 5.41) is 9.84. The topological polar surface area (TPSA) is 89.6 Å². The molecular weight excluding hydrogens is 282 g/mol. The van der Waals surface area contributed by atoms with Crippen LogP contribution in [0.5, 0.6) is 0 Å². The van der Waals surface area contributed by atoms with Gasteiger partial charge in [0, 0.05) is 0 Å². The van der Waals surface area contributed by atoms with E-state index in [1.54, 1.807) is 30.3 Å². The van der Waals surface area contributed by atoms with Crippen LogP contribution < -0.4 is 5.73 Å². The molecule has 0 heterocycles. The Labute approximate surface area is 128 Å². The van der Waals surface area contributed by atoms with Crippen LogP contribution in [0.2, 0.25) is 0 Å². The molecule has 0 saturated heterocycles. The first-order valence-corrected chi connectivity index (χ1v) is 6.86. The standard InChI is InChI=1S/C17H17NO4/c18-14(11-12-7-3-1-4-8-12)16(20)22-17(21)15(19)13-9-5-2-6-10-13/h1-10,14-15,19H,11,18H2/t14-,15+/m0/s1. The average Bonchev–Trinajstić information content (AvgIpc) is 2.55. The Morgan fingerprint density at radius 2 is 1.50 bits per heavy atom. The number of ether oxygens (including phenoxy) is 1. The molecular formula is C17H17NO4. The van der Waals surface area contributed by atoms with Gasteiger partial charge in [-0.1, -0.05) is 60.7 Å². The van der Waals surface area contributed by atoms with Gasteiger partial charge >= 0.3 is 11.9 Å². The fourth-order valence-electron chi connectivity index (χ4n) is 1.95. The number of aliphatic hydroxyl groups is 1. The van der Waals surface area contributed by atoms with E-state index in [-0.39, 0.29) is 6.42 Å². The summed E-state index contributed by atoms with van der Waals surface area (Å²) in [6.07, 6.45) is -1.25. The molecule has 114 valence electrons. The minimum Gasteiger partial charge on any atom is -0.390 e. The second-order valence-electron chi connectivity index (χ2n) is 4.85. The predicted octanol–water partition coefficient (Wildman–Crippen LogP) is 1.36. The zero-order chi connectivity index (χ0) is 15.9. The summed E-state index contributed by atoms with van der Waals surface area (Å²) in [4.78, 5) is 23.6. The number of carbonyl (C=O) groups is 2. The molecule has 0 aromatic heterocycles. The molecule has 0 radical (unpaired) electrons. The van der Waals surface area contributed by atoms with Crippen molar-refractivity contribution in [1.82, 2.24) is 0 Å². The van der Waals surface area contributed by atoms with Gasteiger partial charge in [-0.3, -0.25) is 0 Å². The molecule has 0 unspecified atom stereocenters. The maximum absolute atomic E-state index is 11.8. The highest BCUT2D eigenvalue weighted by atomic mass is 16.6. The fourth-order valence-corrected chi connectivity index (χ4v) is 1.95. The van der Waals surface area contributed by atoms with Gasteiger partial charge in [0.05, 0.1) is 0 Å². The lowest BCUT2D eigenvalue weighted by molar-refractivity contribution is -0.167. The van der Waals surface area contributed by atoms with Crippen LogP contribution in [0.3, 0.4) is 0 Å².